The maximum absolute atomic E-state index is 12.9. The molecule has 188 valence electrons. The van der Waals surface area contributed by atoms with Crippen LogP contribution < -0.4 is 10.6 Å². The summed E-state index contributed by atoms with van der Waals surface area (Å²) in [6, 6.07) is 11.7. The molecule has 8 heteroatoms. The minimum absolute atomic E-state index is 0.0328. The van der Waals surface area contributed by atoms with Crippen LogP contribution in [0.2, 0.25) is 0 Å². The summed E-state index contributed by atoms with van der Waals surface area (Å²) in [6.45, 7) is 2.14. The van der Waals surface area contributed by atoms with E-state index in [0.717, 1.165) is 35.6 Å². The van der Waals surface area contributed by atoms with Gasteiger partial charge in [-0.2, -0.15) is 0 Å². The number of para-hydroxylation sites is 2. The van der Waals surface area contributed by atoms with Crippen LogP contribution in [0.15, 0.2) is 65.8 Å². The number of piperidine rings is 1. The summed E-state index contributed by atoms with van der Waals surface area (Å²) < 4.78 is 1.97. The number of carbonyl (C=O) groups is 2. The van der Waals surface area contributed by atoms with Crippen LogP contribution >= 0.6 is 11.3 Å². The third-order valence-electron chi connectivity index (χ3n) is 7.03. The summed E-state index contributed by atoms with van der Waals surface area (Å²) in [5.41, 5.74) is 3.58. The number of thiazole rings is 1. The number of rotatable bonds is 7. The van der Waals surface area contributed by atoms with Crippen molar-refractivity contribution in [2.75, 3.05) is 25.0 Å². The van der Waals surface area contributed by atoms with Crippen LogP contribution in [0.3, 0.4) is 0 Å². The fourth-order valence-electron chi connectivity index (χ4n) is 4.97. The lowest BCUT2D eigenvalue weighted by molar-refractivity contribution is 0.102. The van der Waals surface area contributed by atoms with Gasteiger partial charge in [0.05, 0.1) is 16.4 Å². The van der Waals surface area contributed by atoms with Crippen molar-refractivity contribution in [3.05, 3.63) is 76.5 Å². The molecule has 2 N–H and O–H groups in total. The van der Waals surface area contributed by atoms with Gasteiger partial charge >= 0.3 is 6.03 Å². The lowest BCUT2D eigenvalue weighted by Gasteiger charge is -2.31. The van der Waals surface area contributed by atoms with E-state index < -0.39 is 0 Å². The number of urea groups is 1. The second-order valence-electron chi connectivity index (χ2n) is 9.48. The van der Waals surface area contributed by atoms with Gasteiger partial charge in [0.15, 0.2) is 0 Å². The van der Waals surface area contributed by atoms with Gasteiger partial charge in [-0.15, -0.1) is 11.3 Å². The molecule has 1 saturated heterocycles. The topological polar surface area (TPSA) is 79.3 Å². The van der Waals surface area contributed by atoms with Gasteiger partial charge in [0, 0.05) is 43.3 Å². The number of aromatic nitrogens is 2. The van der Waals surface area contributed by atoms with Gasteiger partial charge in [0.2, 0.25) is 0 Å². The van der Waals surface area contributed by atoms with Crippen LogP contribution in [0.1, 0.15) is 66.4 Å². The number of allylic oxidation sites excluding steroid dienone is 1. The molecule has 0 saturated carbocycles. The third-order valence-corrected chi connectivity index (χ3v) is 8.04. The SMILES string of the molecule is O=C(Nc1ccccc1-n1cccc1)c1csc(C2CCN(C(=O)NCCC3=CCCCC3)CC2)n1. The van der Waals surface area contributed by atoms with Crippen molar-refractivity contribution >= 4 is 29.0 Å². The average Bonchev–Trinajstić information content (AvgIpc) is 3.63. The van der Waals surface area contributed by atoms with E-state index in [1.54, 1.807) is 0 Å². The third kappa shape index (κ3) is 5.87. The van der Waals surface area contributed by atoms with E-state index in [-0.39, 0.29) is 17.9 Å². The molecule has 0 radical (unpaired) electrons. The maximum atomic E-state index is 12.9. The van der Waals surface area contributed by atoms with E-state index in [1.165, 1.54) is 42.6 Å². The second kappa shape index (κ2) is 11.6. The predicted molar refractivity (Wildman–Crippen MR) is 144 cm³/mol. The van der Waals surface area contributed by atoms with Crippen LogP contribution in [0.25, 0.3) is 5.69 Å². The van der Waals surface area contributed by atoms with Crippen molar-refractivity contribution in [3.63, 3.8) is 0 Å². The van der Waals surface area contributed by atoms with Crippen molar-refractivity contribution in [2.24, 2.45) is 0 Å². The Morgan fingerprint density at radius 1 is 1.06 bits per heavy atom. The lowest BCUT2D eigenvalue weighted by Crippen LogP contribution is -2.44. The van der Waals surface area contributed by atoms with Crippen molar-refractivity contribution in [1.29, 1.82) is 0 Å². The summed E-state index contributed by atoms with van der Waals surface area (Å²) in [4.78, 5) is 32.1. The van der Waals surface area contributed by atoms with Crippen LogP contribution in [0, 0.1) is 0 Å². The van der Waals surface area contributed by atoms with E-state index >= 15 is 0 Å². The zero-order chi connectivity index (χ0) is 24.7. The predicted octanol–water partition coefficient (Wildman–Crippen LogP) is 5.97. The Bertz CT molecular complexity index is 1210. The first-order valence-corrected chi connectivity index (χ1v) is 13.7. The molecule has 3 aromatic rings. The summed E-state index contributed by atoms with van der Waals surface area (Å²) in [7, 11) is 0. The Balaban J connectivity index is 1.12. The Morgan fingerprint density at radius 2 is 1.86 bits per heavy atom. The minimum atomic E-state index is -0.206. The van der Waals surface area contributed by atoms with E-state index in [1.807, 2.05) is 63.6 Å². The summed E-state index contributed by atoms with van der Waals surface area (Å²) in [6.07, 6.45) is 13.8. The first kappa shape index (κ1) is 24.3. The Kier molecular flexibility index (Phi) is 7.81. The fraction of sp³-hybridized carbons (Fsp3) is 0.393. The first-order chi connectivity index (χ1) is 17.7. The number of hydrogen-bond acceptors (Lipinski definition) is 4. The second-order valence-corrected chi connectivity index (χ2v) is 10.4. The molecule has 1 aliphatic heterocycles. The molecule has 3 amide bonds. The molecule has 1 aliphatic carbocycles. The van der Waals surface area contributed by atoms with Crippen molar-refractivity contribution in [1.82, 2.24) is 19.8 Å². The molecule has 1 fully saturated rings. The molecule has 0 unspecified atom stereocenters. The highest BCUT2D eigenvalue weighted by Gasteiger charge is 2.26. The number of hydrogen-bond donors (Lipinski definition) is 2. The van der Waals surface area contributed by atoms with Gasteiger partial charge in [-0.05, 0) is 69.2 Å². The van der Waals surface area contributed by atoms with Gasteiger partial charge in [0.1, 0.15) is 5.69 Å². The van der Waals surface area contributed by atoms with Gasteiger partial charge in [-0.25, -0.2) is 9.78 Å². The van der Waals surface area contributed by atoms with Gasteiger partial charge in [-0.1, -0.05) is 23.8 Å². The van der Waals surface area contributed by atoms with E-state index in [0.29, 0.717) is 25.3 Å². The number of carbonyl (C=O) groups excluding carboxylic acids is 2. The summed E-state index contributed by atoms with van der Waals surface area (Å²) in [5.74, 6) is 0.0714. The molecule has 1 aromatic carbocycles. The van der Waals surface area contributed by atoms with Gasteiger partial charge < -0.3 is 20.1 Å². The molecule has 0 atom stereocenters. The molecule has 0 spiro atoms. The standard InChI is InChI=1S/C28H33N5O2S/c34-26(30-23-10-4-5-11-25(23)32-16-6-7-17-32)24-20-36-27(31-24)22-13-18-33(19-14-22)28(35)29-15-12-21-8-2-1-3-9-21/h4-8,10-11,16-17,20,22H,1-3,9,12-15,18-19H2,(H,29,35)(H,30,34). The Morgan fingerprint density at radius 3 is 2.64 bits per heavy atom. The molecule has 2 aliphatic rings. The number of nitrogens with one attached hydrogen (secondary N) is 2. The van der Waals surface area contributed by atoms with Crippen LogP contribution in [-0.4, -0.2) is 46.0 Å². The zero-order valence-electron chi connectivity index (χ0n) is 20.5. The van der Waals surface area contributed by atoms with Crippen LogP contribution in [-0.2, 0) is 0 Å². The molecular weight excluding hydrogens is 470 g/mol. The van der Waals surface area contributed by atoms with Crippen LogP contribution in [0.4, 0.5) is 10.5 Å². The minimum Gasteiger partial charge on any atom is -0.338 e. The highest BCUT2D eigenvalue weighted by atomic mass is 32.1. The van der Waals surface area contributed by atoms with E-state index in [4.69, 9.17) is 0 Å². The number of likely N-dealkylation sites (tertiary alicyclic amines) is 1. The first-order valence-electron chi connectivity index (χ1n) is 12.9. The molecule has 36 heavy (non-hydrogen) atoms. The number of benzene rings is 1. The highest BCUT2D eigenvalue weighted by Crippen LogP contribution is 2.31. The van der Waals surface area contributed by atoms with Gasteiger partial charge in [-0.3, -0.25) is 4.79 Å². The monoisotopic (exact) mass is 503 g/mol. The maximum Gasteiger partial charge on any atom is 0.317 e. The van der Waals surface area contributed by atoms with Crippen molar-refractivity contribution in [2.45, 2.75) is 50.9 Å². The molecule has 0 bridgehead atoms. The largest absolute Gasteiger partial charge is 0.338 e. The lowest BCUT2D eigenvalue weighted by atomic mass is 9.97. The number of nitrogens with zero attached hydrogens (tertiary/aromatic N) is 3. The molecule has 2 aromatic heterocycles. The van der Waals surface area contributed by atoms with E-state index in [9.17, 15) is 9.59 Å². The number of amides is 3. The zero-order valence-corrected chi connectivity index (χ0v) is 21.3. The van der Waals surface area contributed by atoms with Gasteiger partial charge in [0.25, 0.3) is 5.91 Å². The fourth-order valence-corrected chi connectivity index (χ4v) is 5.94. The van der Waals surface area contributed by atoms with Crippen molar-refractivity contribution < 1.29 is 9.59 Å². The molecule has 5 rings (SSSR count). The normalized spacial score (nSPS) is 16.4. The molecular formula is C28H33N5O2S. The van der Waals surface area contributed by atoms with E-state index in [2.05, 4.69) is 21.7 Å². The summed E-state index contributed by atoms with van der Waals surface area (Å²) >= 11 is 1.53. The molecule has 7 nitrogen and oxygen atoms in total. The highest BCUT2D eigenvalue weighted by molar-refractivity contribution is 7.10. The molecule has 3 heterocycles. The number of anilines is 1. The van der Waals surface area contributed by atoms with Crippen molar-refractivity contribution in [3.8, 4) is 5.69 Å². The average molecular weight is 504 g/mol. The van der Waals surface area contributed by atoms with Crippen LogP contribution in [0.5, 0.6) is 0 Å². The Hall–Kier alpha value is -3.39. The Labute approximate surface area is 216 Å². The quantitative estimate of drug-likeness (QED) is 0.390. The smallest absolute Gasteiger partial charge is 0.317 e. The summed E-state index contributed by atoms with van der Waals surface area (Å²) in [5, 5.41) is 8.92.